The van der Waals surface area contributed by atoms with Crippen molar-refractivity contribution in [3.8, 4) is 0 Å². The van der Waals surface area contributed by atoms with Crippen LogP contribution in [0.15, 0.2) is 41.0 Å². The number of hydrogen-bond donors (Lipinski definition) is 1. The minimum Gasteiger partial charge on any atom is -0.467 e. The Morgan fingerprint density at radius 2 is 2.05 bits per heavy atom. The lowest BCUT2D eigenvalue weighted by Crippen LogP contribution is -2.35. The number of hydrogen-bond acceptors (Lipinski definition) is 3. The fourth-order valence-electron chi connectivity index (χ4n) is 2.10. The van der Waals surface area contributed by atoms with E-state index in [0.29, 0.717) is 13.1 Å². The van der Waals surface area contributed by atoms with Gasteiger partial charge in [-0.1, -0.05) is 12.1 Å². The summed E-state index contributed by atoms with van der Waals surface area (Å²) in [4.78, 5) is 13.9. The lowest BCUT2D eigenvalue weighted by Gasteiger charge is -2.21. The van der Waals surface area contributed by atoms with Gasteiger partial charge in [-0.2, -0.15) is 0 Å². The van der Waals surface area contributed by atoms with Gasteiger partial charge in [0.15, 0.2) is 0 Å². The van der Waals surface area contributed by atoms with Gasteiger partial charge >= 0.3 is 0 Å². The van der Waals surface area contributed by atoms with Gasteiger partial charge in [0.2, 0.25) is 5.91 Å². The molecule has 0 radical (unpaired) electrons. The molecule has 1 N–H and O–H groups in total. The van der Waals surface area contributed by atoms with Gasteiger partial charge in [-0.25, -0.2) is 0 Å². The van der Waals surface area contributed by atoms with E-state index in [0.717, 1.165) is 11.4 Å². The Labute approximate surface area is 119 Å². The second-order valence-electron chi connectivity index (χ2n) is 4.93. The fourth-order valence-corrected chi connectivity index (χ4v) is 2.10. The average Bonchev–Trinajstić information content (AvgIpc) is 2.92. The van der Waals surface area contributed by atoms with Crippen LogP contribution in [0.5, 0.6) is 0 Å². The summed E-state index contributed by atoms with van der Waals surface area (Å²) in [6.07, 6.45) is 1.60. The van der Waals surface area contributed by atoms with Gasteiger partial charge in [0.1, 0.15) is 5.76 Å². The molecule has 1 aromatic carbocycles. The molecule has 0 aliphatic heterocycles. The maximum atomic E-state index is 11.9. The zero-order chi connectivity index (χ0) is 14.5. The summed E-state index contributed by atoms with van der Waals surface area (Å²) >= 11 is 0. The van der Waals surface area contributed by atoms with Gasteiger partial charge in [-0.15, -0.1) is 0 Å². The van der Waals surface area contributed by atoms with Crippen LogP contribution in [0.25, 0.3) is 0 Å². The van der Waals surface area contributed by atoms with Gasteiger partial charge in [0.25, 0.3) is 0 Å². The highest BCUT2D eigenvalue weighted by molar-refractivity contribution is 5.81. The van der Waals surface area contributed by atoms with E-state index in [4.69, 9.17) is 4.42 Å². The summed E-state index contributed by atoms with van der Waals surface area (Å²) < 4.78 is 5.18. The largest absolute Gasteiger partial charge is 0.467 e. The smallest absolute Gasteiger partial charge is 0.239 e. The number of furan rings is 1. The summed E-state index contributed by atoms with van der Waals surface area (Å²) in [5.41, 5.74) is 3.51. The standard InChI is InChI=1S/C16H20N2O2/c1-12-6-4-8-15(13(12)2)18(3)11-16(19)17-10-14-7-5-9-20-14/h4-9H,10-11H2,1-3H3,(H,17,19). The molecule has 0 unspecified atom stereocenters. The highest BCUT2D eigenvalue weighted by atomic mass is 16.3. The predicted molar refractivity (Wildman–Crippen MR) is 79.7 cm³/mol. The van der Waals surface area contributed by atoms with Crippen molar-refractivity contribution in [3.05, 3.63) is 53.5 Å². The van der Waals surface area contributed by atoms with E-state index in [-0.39, 0.29) is 5.91 Å². The van der Waals surface area contributed by atoms with Crippen LogP contribution in [-0.4, -0.2) is 19.5 Å². The molecule has 0 aliphatic carbocycles. The SMILES string of the molecule is Cc1cccc(N(C)CC(=O)NCc2ccco2)c1C. The first-order valence-electron chi connectivity index (χ1n) is 6.64. The van der Waals surface area contributed by atoms with Crippen LogP contribution in [-0.2, 0) is 11.3 Å². The van der Waals surface area contributed by atoms with Crippen molar-refractivity contribution in [1.29, 1.82) is 0 Å². The number of benzene rings is 1. The van der Waals surface area contributed by atoms with Crippen molar-refractivity contribution < 1.29 is 9.21 Å². The van der Waals surface area contributed by atoms with Crippen molar-refractivity contribution in [2.75, 3.05) is 18.5 Å². The molecule has 0 fully saturated rings. The molecular formula is C16H20N2O2. The van der Waals surface area contributed by atoms with Crippen molar-refractivity contribution in [2.24, 2.45) is 0 Å². The predicted octanol–water partition coefficient (Wildman–Crippen LogP) is 2.65. The zero-order valence-corrected chi connectivity index (χ0v) is 12.1. The number of carbonyl (C=O) groups excluding carboxylic acids is 1. The van der Waals surface area contributed by atoms with E-state index in [9.17, 15) is 4.79 Å². The quantitative estimate of drug-likeness (QED) is 0.910. The minimum atomic E-state index is -0.0233. The van der Waals surface area contributed by atoms with Gasteiger partial charge in [-0.3, -0.25) is 4.79 Å². The third-order valence-electron chi connectivity index (χ3n) is 3.41. The van der Waals surface area contributed by atoms with Gasteiger partial charge in [0, 0.05) is 12.7 Å². The van der Waals surface area contributed by atoms with Crippen molar-refractivity contribution in [1.82, 2.24) is 5.32 Å². The number of rotatable bonds is 5. The second kappa shape index (κ2) is 6.28. The van der Waals surface area contributed by atoms with Crippen LogP contribution in [0.2, 0.25) is 0 Å². The molecule has 4 heteroatoms. The van der Waals surface area contributed by atoms with Gasteiger partial charge in [-0.05, 0) is 43.2 Å². The third-order valence-corrected chi connectivity index (χ3v) is 3.41. The Balaban J connectivity index is 1.92. The van der Waals surface area contributed by atoms with Gasteiger partial charge < -0.3 is 14.6 Å². The third kappa shape index (κ3) is 3.41. The second-order valence-corrected chi connectivity index (χ2v) is 4.93. The highest BCUT2D eigenvalue weighted by Crippen LogP contribution is 2.21. The number of carbonyl (C=O) groups is 1. The first-order valence-corrected chi connectivity index (χ1v) is 6.64. The summed E-state index contributed by atoms with van der Waals surface area (Å²) in [5.74, 6) is 0.734. The molecule has 2 aromatic rings. The van der Waals surface area contributed by atoms with E-state index in [1.54, 1.807) is 6.26 Å². The molecule has 0 aliphatic rings. The molecule has 0 bridgehead atoms. The molecule has 0 spiro atoms. The molecule has 2 rings (SSSR count). The monoisotopic (exact) mass is 272 g/mol. The van der Waals surface area contributed by atoms with E-state index in [1.165, 1.54) is 11.1 Å². The van der Waals surface area contributed by atoms with E-state index < -0.39 is 0 Å². The van der Waals surface area contributed by atoms with Gasteiger partial charge in [0.05, 0.1) is 19.4 Å². The Morgan fingerprint density at radius 3 is 2.75 bits per heavy atom. The summed E-state index contributed by atoms with van der Waals surface area (Å²) in [5, 5.41) is 2.85. The first kappa shape index (κ1) is 14.2. The molecule has 4 nitrogen and oxygen atoms in total. The minimum absolute atomic E-state index is 0.0233. The number of aryl methyl sites for hydroxylation is 1. The molecule has 1 heterocycles. The van der Waals surface area contributed by atoms with E-state index >= 15 is 0 Å². The van der Waals surface area contributed by atoms with Crippen LogP contribution in [0.3, 0.4) is 0 Å². The molecule has 1 amide bonds. The Bertz CT molecular complexity index is 576. The van der Waals surface area contributed by atoms with E-state index in [2.05, 4.69) is 25.2 Å². The Kier molecular flexibility index (Phi) is 4.45. The van der Waals surface area contributed by atoms with Crippen LogP contribution in [0.4, 0.5) is 5.69 Å². The molecule has 0 atom stereocenters. The maximum absolute atomic E-state index is 11.9. The molecule has 106 valence electrons. The van der Waals surface area contributed by atoms with Crippen LogP contribution in [0.1, 0.15) is 16.9 Å². The fraction of sp³-hybridized carbons (Fsp3) is 0.312. The molecule has 0 saturated carbocycles. The summed E-state index contributed by atoms with van der Waals surface area (Å²) in [7, 11) is 1.92. The number of nitrogens with zero attached hydrogens (tertiary/aromatic N) is 1. The lowest BCUT2D eigenvalue weighted by atomic mass is 10.1. The number of likely N-dealkylation sites (N-methyl/N-ethyl adjacent to an activating group) is 1. The number of nitrogens with one attached hydrogen (secondary N) is 1. The first-order chi connectivity index (χ1) is 9.58. The topological polar surface area (TPSA) is 45.5 Å². The Hall–Kier alpha value is -2.23. The molecular weight excluding hydrogens is 252 g/mol. The van der Waals surface area contributed by atoms with Crippen LogP contribution in [0, 0.1) is 13.8 Å². The number of amides is 1. The number of anilines is 1. The van der Waals surface area contributed by atoms with Crippen LogP contribution < -0.4 is 10.2 Å². The summed E-state index contributed by atoms with van der Waals surface area (Å²) in [6, 6.07) is 9.76. The normalized spacial score (nSPS) is 10.3. The molecule has 1 aromatic heterocycles. The van der Waals surface area contributed by atoms with Crippen LogP contribution >= 0.6 is 0 Å². The Morgan fingerprint density at radius 1 is 1.25 bits per heavy atom. The molecule has 20 heavy (non-hydrogen) atoms. The summed E-state index contributed by atoms with van der Waals surface area (Å²) in [6.45, 7) is 4.89. The van der Waals surface area contributed by atoms with E-state index in [1.807, 2.05) is 36.2 Å². The molecule has 0 saturated heterocycles. The lowest BCUT2D eigenvalue weighted by molar-refractivity contribution is -0.119. The van der Waals surface area contributed by atoms with Crippen molar-refractivity contribution in [3.63, 3.8) is 0 Å². The maximum Gasteiger partial charge on any atom is 0.239 e. The van der Waals surface area contributed by atoms with Crippen molar-refractivity contribution >= 4 is 11.6 Å². The zero-order valence-electron chi connectivity index (χ0n) is 12.1. The van der Waals surface area contributed by atoms with Crippen molar-refractivity contribution in [2.45, 2.75) is 20.4 Å². The average molecular weight is 272 g/mol. The highest BCUT2D eigenvalue weighted by Gasteiger charge is 2.10.